The summed E-state index contributed by atoms with van der Waals surface area (Å²) in [6.07, 6.45) is 0. The molecule has 16 nitrogen and oxygen atoms in total. The number of fused-ring (bicyclic) bond motifs is 1. The molecule has 3 fully saturated rings. The minimum atomic E-state index is -1.81. The number of nitrogens with one attached hydrogen (secondary N) is 2. The Morgan fingerprint density at radius 1 is 0.768 bits per heavy atom. The van der Waals surface area contributed by atoms with Crippen LogP contribution in [0.1, 0.15) is 59.9 Å². The predicted molar refractivity (Wildman–Crippen MR) is 203 cm³/mol. The molecule has 4 N–H and O–H groups in total. The molecule has 292 valence electrons. The molecule has 6 atom stereocenters. The van der Waals surface area contributed by atoms with E-state index in [-0.39, 0.29) is 28.3 Å². The van der Waals surface area contributed by atoms with Crippen LogP contribution in [0.15, 0.2) is 69.7 Å². The van der Waals surface area contributed by atoms with Crippen molar-refractivity contribution in [1.29, 1.82) is 0 Å². The van der Waals surface area contributed by atoms with Gasteiger partial charge >= 0.3 is 11.9 Å². The number of aliphatic carboxylic acids is 2. The Morgan fingerprint density at radius 2 is 1.27 bits per heavy atom. The van der Waals surface area contributed by atoms with Crippen LogP contribution in [-0.4, -0.2) is 110 Å². The third-order valence-corrected chi connectivity index (χ3v) is 13.3. The van der Waals surface area contributed by atoms with Crippen LogP contribution >= 0.6 is 23.5 Å². The first-order chi connectivity index (χ1) is 26.4. The number of carboxylic acids is 2. The fourth-order valence-electron chi connectivity index (χ4n) is 7.65. The molecule has 2 aromatic heterocycles. The van der Waals surface area contributed by atoms with E-state index < -0.39 is 80.0 Å². The number of thioether (sulfide) groups is 2. The number of hydrogen-bond donors (Lipinski definition) is 4. The van der Waals surface area contributed by atoms with Crippen LogP contribution in [-0.2, 0) is 19.2 Å². The van der Waals surface area contributed by atoms with Crippen molar-refractivity contribution < 1.29 is 48.0 Å². The number of rotatable bonds is 10. The van der Waals surface area contributed by atoms with Gasteiger partial charge in [0.2, 0.25) is 11.8 Å². The van der Waals surface area contributed by atoms with Crippen molar-refractivity contribution in [2.24, 2.45) is 0 Å². The molecule has 3 saturated heterocycles. The Balaban J connectivity index is 1.17. The van der Waals surface area contributed by atoms with Crippen molar-refractivity contribution in [1.82, 2.24) is 30.7 Å². The fourth-order valence-corrected chi connectivity index (χ4v) is 10.9. The van der Waals surface area contributed by atoms with Gasteiger partial charge in [0, 0.05) is 20.6 Å². The molecular formula is C38H38N6O10S2. The van der Waals surface area contributed by atoms with Gasteiger partial charge in [-0.15, -0.1) is 23.5 Å². The number of β-lactam (4-membered cyclic amide) rings is 1. The number of aromatic nitrogens is 2. The van der Waals surface area contributed by atoms with Gasteiger partial charge in [0.25, 0.3) is 11.8 Å². The zero-order valence-corrected chi connectivity index (χ0v) is 32.6. The van der Waals surface area contributed by atoms with Crippen LogP contribution < -0.4 is 10.6 Å². The van der Waals surface area contributed by atoms with Crippen LogP contribution in [0.25, 0.3) is 22.5 Å². The lowest BCUT2D eigenvalue weighted by atomic mass is 9.92. The van der Waals surface area contributed by atoms with Crippen molar-refractivity contribution >= 4 is 59.1 Å². The number of carbonyl (C=O) groups is 6. The second-order valence-corrected chi connectivity index (χ2v) is 18.3. The number of aryl methyl sites for hydroxylation is 2. The Hall–Kier alpha value is -5.62. The Morgan fingerprint density at radius 3 is 1.77 bits per heavy atom. The van der Waals surface area contributed by atoms with Gasteiger partial charge in [0.15, 0.2) is 6.04 Å². The highest BCUT2D eigenvalue weighted by Crippen LogP contribution is 2.54. The maximum absolute atomic E-state index is 14.9. The maximum Gasteiger partial charge on any atom is 0.329 e. The van der Waals surface area contributed by atoms with Gasteiger partial charge in [-0.3, -0.25) is 19.2 Å². The van der Waals surface area contributed by atoms with Gasteiger partial charge in [-0.2, -0.15) is 0 Å². The van der Waals surface area contributed by atoms with E-state index in [4.69, 9.17) is 9.05 Å². The van der Waals surface area contributed by atoms with Gasteiger partial charge in [-0.25, -0.2) is 9.59 Å². The molecular weight excluding hydrogens is 765 g/mol. The van der Waals surface area contributed by atoms with E-state index in [1.54, 1.807) is 89.2 Å². The van der Waals surface area contributed by atoms with E-state index in [1.165, 1.54) is 23.6 Å². The second kappa shape index (κ2) is 14.1. The Bertz CT molecular complexity index is 2260. The number of carbonyl (C=O) groups excluding carboxylic acids is 4. The third kappa shape index (κ3) is 6.39. The lowest BCUT2D eigenvalue weighted by molar-refractivity contribution is -0.162. The van der Waals surface area contributed by atoms with Gasteiger partial charge in [0.1, 0.15) is 62.9 Å². The highest BCUT2D eigenvalue weighted by atomic mass is 32.2. The molecule has 5 heterocycles. The van der Waals surface area contributed by atoms with E-state index in [0.29, 0.717) is 16.8 Å². The van der Waals surface area contributed by atoms with Gasteiger partial charge < -0.3 is 39.7 Å². The number of amides is 4. The molecule has 56 heavy (non-hydrogen) atoms. The van der Waals surface area contributed by atoms with Crippen molar-refractivity contribution in [2.45, 2.75) is 86.0 Å². The molecule has 4 aromatic rings. The van der Waals surface area contributed by atoms with Crippen LogP contribution in [0.3, 0.4) is 0 Å². The van der Waals surface area contributed by atoms with Crippen LogP contribution in [0.2, 0.25) is 0 Å². The van der Waals surface area contributed by atoms with Gasteiger partial charge in [0.05, 0.1) is 0 Å². The SMILES string of the molecule is Cc1onc(-c2ccccc2)c1C(=O)NC(C(=O)O)C1SC(C)(C)[C@H](C(=O)O)N1C(=O)[C@@H]1N2C(=O)[C@@H](NC(=O)c3c(-c4ccccc4)noc3C)[C@H]2SC1(C)C. The highest BCUT2D eigenvalue weighted by molar-refractivity contribution is 8.02. The largest absolute Gasteiger partial charge is 0.480 e. The molecule has 0 radical (unpaired) electrons. The normalized spacial score (nSPS) is 23.9. The van der Waals surface area contributed by atoms with E-state index in [9.17, 15) is 39.0 Å². The minimum Gasteiger partial charge on any atom is -0.480 e. The summed E-state index contributed by atoms with van der Waals surface area (Å²) in [5, 5.41) is 32.3. The third-order valence-electron chi connectivity index (χ3n) is 10.2. The Labute approximate surface area is 328 Å². The summed E-state index contributed by atoms with van der Waals surface area (Å²) < 4.78 is 8.38. The molecule has 2 aromatic carbocycles. The summed E-state index contributed by atoms with van der Waals surface area (Å²) in [6, 6.07) is 11.9. The topological polar surface area (TPSA) is 225 Å². The average molecular weight is 803 g/mol. The Kier molecular flexibility index (Phi) is 9.76. The predicted octanol–water partition coefficient (Wildman–Crippen LogP) is 3.79. The summed E-state index contributed by atoms with van der Waals surface area (Å²) in [6.45, 7) is 9.67. The highest BCUT2D eigenvalue weighted by Gasteiger charge is 2.67. The quantitative estimate of drug-likeness (QED) is 0.168. The number of nitrogens with zero attached hydrogens (tertiary/aromatic N) is 4. The minimum absolute atomic E-state index is 0.0231. The monoisotopic (exact) mass is 802 g/mol. The second-order valence-electron chi connectivity index (χ2n) is 14.8. The zero-order chi connectivity index (χ0) is 40.4. The van der Waals surface area contributed by atoms with E-state index >= 15 is 0 Å². The van der Waals surface area contributed by atoms with Gasteiger partial charge in [-0.1, -0.05) is 71.0 Å². The molecule has 2 unspecified atom stereocenters. The number of hydrogen-bond acceptors (Lipinski definition) is 12. The van der Waals surface area contributed by atoms with E-state index in [1.807, 2.05) is 6.07 Å². The summed E-state index contributed by atoms with van der Waals surface area (Å²) in [7, 11) is 0. The molecule has 3 aliphatic heterocycles. The molecule has 0 aliphatic carbocycles. The average Bonchev–Trinajstić information content (AvgIpc) is 3.88. The number of benzene rings is 2. The molecule has 3 aliphatic rings. The molecule has 0 bridgehead atoms. The number of carboxylic acid groups (broad SMARTS) is 2. The summed E-state index contributed by atoms with van der Waals surface area (Å²) in [5.41, 5.74) is 1.77. The first-order valence-electron chi connectivity index (χ1n) is 17.5. The first-order valence-corrected chi connectivity index (χ1v) is 19.3. The summed E-state index contributed by atoms with van der Waals surface area (Å²) in [5.74, 6) is -5.41. The van der Waals surface area contributed by atoms with Crippen LogP contribution in [0.4, 0.5) is 0 Å². The first kappa shape index (κ1) is 38.6. The van der Waals surface area contributed by atoms with Crippen molar-refractivity contribution in [3.8, 4) is 22.5 Å². The lowest BCUT2D eigenvalue weighted by Crippen LogP contribution is -2.72. The van der Waals surface area contributed by atoms with Crippen LogP contribution in [0, 0.1) is 13.8 Å². The van der Waals surface area contributed by atoms with Crippen molar-refractivity contribution in [2.75, 3.05) is 0 Å². The summed E-state index contributed by atoms with van der Waals surface area (Å²) >= 11 is 2.17. The molecule has 0 spiro atoms. The van der Waals surface area contributed by atoms with E-state index in [2.05, 4.69) is 20.9 Å². The van der Waals surface area contributed by atoms with Crippen molar-refractivity contribution in [3.63, 3.8) is 0 Å². The molecule has 0 saturated carbocycles. The lowest BCUT2D eigenvalue weighted by Gasteiger charge is -2.46. The molecule has 4 amide bonds. The standard InChI is InChI=1S/C38H38N6O10S2/c1-17-21(23(41-53-17)19-13-9-7-10-14-19)29(45)39-25-31(47)43-27(37(3,4)55-33(25)43)32(48)44-28(36(51)52)38(5,6)56-34(44)26(35(49)50)40-30(46)22-18(2)54-42-24(22)20-15-11-8-12-16-20/h7-16,25-28,33-34H,1-6H3,(H,39,45)(H,40,46)(H,49,50)(H,51,52)/t25-,26?,27+,28+,33-,34?/m1/s1. The smallest absolute Gasteiger partial charge is 0.329 e. The maximum atomic E-state index is 14.9. The van der Waals surface area contributed by atoms with Gasteiger partial charge in [-0.05, 0) is 41.5 Å². The fraction of sp³-hybridized carbons (Fsp3) is 0.368. The summed E-state index contributed by atoms with van der Waals surface area (Å²) in [4.78, 5) is 84.7. The van der Waals surface area contributed by atoms with Crippen LogP contribution in [0.5, 0.6) is 0 Å². The van der Waals surface area contributed by atoms with Crippen molar-refractivity contribution in [3.05, 3.63) is 83.3 Å². The molecule has 7 rings (SSSR count). The molecule has 18 heteroatoms. The zero-order valence-electron chi connectivity index (χ0n) is 31.0. The van der Waals surface area contributed by atoms with E-state index in [0.717, 1.165) is 16.7 Å².